The van der Waals surface area contributed by atoms with Crippen molar-refractivity contribution in [2.75, 3.05) is 0 Å². The molecule has 9 aromatic rings. The predicted octanol–water partition coefficient (Wildman–Crippen LogP) is 11.7. The number of hydrogen-bond donors (Lipinski definition) is 0. The minimum atomic E-state index is 0.195. The molecule has 10 rings (SSSR count). The van der Waals surface area contributed by atoms with E-state index in [1.54, 1.807) is 0 Å². The van der Waals surface area contributed by atoms with Crippen LogP contribution in [-0.2, 0) is 0 Å². The smallest absolute Gasteiger partial charge is 0.164 e. The summed E-state index contributed by atoms with van der Waals surface area (Å²) in [5.41, 5.74) is 5.20. The molecule has 1 aliphatic carbocycles. The van der Waals surface area contributed by atoms with E-state index in [2.05, 4.69) is 159 Å². The summed E-state index contributed by atoms with van der Waals surface area (Å²) in [5, 5.41) is 10.5. The van der Waals surface area contributed by atoms with Crippen LogP contribution in [-0.4, -0.2) is 19.9 Å². The fraction of sp³-hybridized carbons (Fsp3) is 0.0638. The summed E-state index contributed by atoms with van der Waals surface area (Å²) in [4.78, 5) is 20.6. The molecule has 2 heterocycles. The first kappa shape index (κ1) is 29.4. The highest BCUT2D eigenvalue weighted by atomic mass is 15.0. The third-order valence-corrected chi connectivity index (χ3v) is 10.4. The molecule has 51 heavy (non-hydrogen) atoms. The maximum Gasteiger partial charge on any atom is 0.164 e. The van der Waals surface area contributed by atoms with Gasteiger partial charge in [-0.1, -0.05) is 140 Å². The Morgan fingerprint density at radius 2 is 0.961 bits per heavy atom. The maximum absolute atomic E-state index is 5.31. The van der Waals surface area contributed by atoms with E-state index in [1.807, 2.05) is 12.3 Å². The lowest BCUT2D eigenvalue weighted by Gasteiger charge is -2.23. The molecule has 0 aliphatic heterocycles. The highest BCUT2D eigenvalue weighted by Crippen LogP contribution is 2.39. The number of rotatable bonds is 4. The molecule has 0 radical (unpaired) electrons. The average molecular weight is 653 g/mol. The van der Waals surface area contributed by atoms with Crippen LogP contribution in [0.2, 0.25) is 0 Å². The summed E-state index contributed by atoms with van der Waals surface area (Å²) >= 11 is 0. The topological polar surface area (TPSA) is 51.6 Å². The SMILES string of the molecule is CC1C=C(c2nc(-c3cc4ccccc4c4ccccc34)nc(-c3cc4ccccc4c4ccccc34)n2)C=CC1c1cnc2ccccc2c1. The molecule has 2 unspecified atom stereocenters. The summed E-state index contributed by atoms with van der Waals surface area (Å²) in [6.45, 7) is 2.26. The van der Waals surface area contributed by atoms with Gasteiger partial charge in [0.05, 0.1) is 5.52 Å². The molecular weight excluding hydrogens is 621 g/mol. The molecule has 1 aliphatic rings. The molecule has 0 bridgehead atoms. The van der Waals surface area contributed by atoms with Crippen LogP contribution in [0.15, 0.2) is 164 Å². The van der Waals surface area contributed by atoms with Crippen molar-refractivity contribution in [1.29, 1.82) is 0 Å². The molecule has 0 N–H and O–H groups in total. The van der Waals surface area contributed by atoms with Crippen molar-refractivity contribution >= 4 is 59.6 Å². The van der Waals surface area contributed by atoms with E-state index in [4.69, 9.17) is 19.9 Å². The third-order valence-electron chi connectivity index (χ3n) is 10.4. The third kappa shape index (κ3) is 4.99. The van der Waals surface area contributed by atoms with Gasteiger partial charge in [-0.2, -0.15) is 0 Å². The van der Waals surface area contributed by atoms with Crippen molar-refractivity contribution in [3.8, 4) is 22.8 Å². The molecule has 240 valence electrons. The lowest BCUT2D eigenvalue weighted by atomic mass is 9.82. The van der Waals surface area contributed by atoms with Gasteiger partial charge in [0.25, 0.3) is 0 Å². The quantitative estimate of drug-likeness (QED) is 0.178. The molecule has 0 saturated heterocycles. The van der Waals surface area contributed by atoms with Crippen molar-refractivity contribution in [2.24, 2.45) is 5.92 Å². The van der Waals surface area contributed by atoms with Gasteiger partial charge < -0.3 is 0 Å². The van der Waals surface area contributed by atoms with Crippen LogP contribution in [0.1, 0.15) is 24.2 Å². The maximum atomic E-state index is 5.31. The number of fused-ring (bicyclic) bond motifs is 7. The molecule has 2 atom stereocenters. The van der Waals surface area contributed by atoms with Gasteiger partial charge >= 0.3 is 0 Å². The lowest BCUT2D eigenvalue weighted by Crippen LogP contribution is -2.11. The van der Waals surface area contributed by atoms with Crippen LogP contribution in [0.3, 0.4) is 0 Å². The zero-order chi connectivity index (χ0) is 33.9. The normalized spacial score (nSPS) is 16.0. The van der Waals surface area contributed by atoms with E-state index in [0.717, 1.165) is 49.1 Å². The Kier molecular flexibility index (Phi) is 6.81. The van der Waals surface area contributed by atoms with Gasteiger partial charge in [0.1, 0.15) is 0 Å². The number of pyridine rings is 1. The van der Waals surface area contributed by atoms with Crippen molar-refractivity contribution in [1.82, 2.24) is 19.9 Å². The van der Waals surface area contributed by atoms with Crippen LogP contribution >= 0.6 is 0 Å². The molecule has 0 saturated carbocycles. The van der Waals surface area contributed by atoms with Crippen LogP contribution in [0.25, 0.3) is 82.3 Å². The summed E-state index contributed by atoms with van der Waals surface area (Å²) in [7, 11) is 0. The van der Waals surface area contributed by atoms with Gasteiger partial charge in [-0.3, -0.25) is 4.98 Å². The Labute approximate surface area is 295 Å². The van der Waals surface area contributed by atoms with Gasteiger partial charge in [0.15, 0.2) is 17.5 Å². The Morgan fingerprint density at radius 1 is 0.471 bits per heavy atom. The standard InChI is InChI=1S/C47H32N4/c1-29-24-33(22-23-35(29)34-25-32-14-4-11-21-44(32)48-28-34)45-49-46(42-26-30-12-2-5-15-36(30)38-17-7-9-19-40(38)42)51-47(50-45)43-27-31-13-3-6-16-37(31)39-18-8-10-20-41(39)43/h2-29,35H,1H3. The summed E-state index contributed by atoms with van der Waals surface area (Å²) in [6, 6.07) is 49.2. The molecule has 4 nitrogen and oxygen atoms in total. The first-order chi connectivity index (χ1) is 25.2. The predicted molar refractivity (Wildman–Crippen MR) is 211 cm³/mol. The van der Waals surface area contributed by atoms with Crippen molar-refractivity contribution in [3.63, 3.8) is 0 Å². The highest BCUT2D eigenvalue weighted by molar-refractivity contribution is 6.14. The van der Waals surface area contributed by atoms with E-state index in [1.165, 1.54) is 27.1 Å². The molecular formula is C47H32N4. The molecule has 0 spiro atoms. The van der Waals surface area contributed by atoms with Gasteiger partial charge in [0.2, 0.25) is 0 Å². The number of benzene rings is 7. The van der Waals surface area contributed by atoms with Crippen LogP contribution in [0.5, 0.6) is 0 Å². The Morgan fingerprint density at radius 3 is 1.55 bits per heavy atom. The number of nitrogens with zero attached hydrogens (tertiary/aromatic N) is 4. The van der Waals surface area contributed by atoms with E-state index in [9.17, 15) is 0 Å². The van der Waals surface area contributed by atoms with E-state index >= 15 is 0 Å². The van der Waals surface area contributed by atoms with Crippen LogP contribution < -0.4 is 0 Å². The van der Waals surface area contributed by atoms with Gasteiger partial charge in [-0.25, -0.2) is 15.0 Å². The second-order valence-corrected chi connectivity index (χ2v) is 13.5. The summed E-state index contributed by atoms with van der Waals surface area (Å²) in [6.07, 6.45) is 8.78. The summed E-state index contributed by atoms with van der Waals surface area (Å²) in [5.74, 6) is 2.40. The fourth-order valence-corrected chi connectivity index (χ4v) is 7.88. The Bertz CT molecular complexity index is 2770. The molecule has 7 aromatic carbocycles. The largest absolute Gasteiger partial charge is 0.256 e. The number of hydrogen-bond acceptors (Lipinski definition) is 4. The van der Waals surface area contributed by atoms with Crippen molar-refractivity contribution in [3.05, 3.63) is 175 Å². The van der Waals surface area contributed by atoms with Gasteiger partial charge in [-0.15, -0.1) is 0 Å². The zero-order valence-electron chi connectivity index (χ0n) is 28.0. The van der Waals surface area contributed by atoms with Gasteiger partial charge in [0, 0.05) is 34.2 Å². The molecule has 0 amide bonds. The van der Waals surface area contributed by atoms with E-state index < -0.39 is 0 Å². The zero-order valence-corrected chi connectivity index (χ0v) is 28.0. The number of aromatic nitrogens is 4. The van der Waals surface area contributed by atoms with E-state index in [-0.39, 0.29) is 11.8 Å². The Hall–Kier alpha value is -6.52. The van der Waals surface area contributed by atoms with Gasteiger partial charge in [-0.05, 0) is 78.8 Å². The lowest BCUT2D eigenvalue weighted by molar-refractivity contribution is 0.636. The minimum Gasteiger partial charge on any atom is -0.256 e. The number of allylic oxidation sites excluding steroid dienone is 4. The monoisotopic (exact) mass is 652 g/mol. The second-order valence-electron chi connectivity index (χ2n) is 13.5. The molecule has 4 heteroatoms. The van der Waals surface area contributed by atoms with E-state index in [0.29, 0.717) is 17.5 Å². The molecule has 2 aromatic heterocycles. The average Bonchev–Trinajstić information content (AvgIpc) is 3.20. The molecule has 0 fully saturated rings. The fourth-order valence-electron chi connectivity index (χ4n) is 7.88. The Balaban J connectivity index is 1.18. The highest BCUT2D eigenvalue weighted by Gasteiger charge is 2.23. The minimum absolute atomic E-state index is 0.195. The van der Waals surface area contributed by atoms with Crippen LogP contribution in [0, 0.1) is 5.92 Å². The summed E-state index contributed by atoms with van der Waals surface area (Å²) < 4.78 is 0. The number of para-hydroxylation sites is 1. The first-order valence-corrected chi connectivity index (χ1v) is 17.5. The van der Waals surface area contributed by atoms with Crippen molar-refractivity contribution in [2.45, 2.75) is 12.8 Å². The second kappa shape index (κ2) is 11.8. The van der Waals surface area contributed by atoms with Crippen LogP contribution in [0.4, 0.5) is 0 Å². The van der Waals surface area contributed by atoms with Crippen molar-refractivity contribution < 1.29 is 0 Å². The first-order valence-electron chi connectivity index (χ1n) is 17.5.